The summed E-state index contributed by atoms with van der Waals surface area (Å²) >= 11 is 0. The molecule has 3 rings (SSSR count). The first-order valence-electron chi connectivity index (χ1n) is 8.99. The number of aryl methyl sites for hydroxylation is 2. The van der Waals surface area contributed by atoms with E-state index in [1.165, 1.54) is 5.56 Å². The Balaban J connectivity index is 1.61. The van der Waals surface area contributed by atoms with E-state index < -0.39 is 0 Å². The first-order chi connectivity index (χ1) is 12.2. The highest BCUT2D eigenvalue weighted by Crippen LogP contribution is 2.21. The van der Waals surface area contributed by atoms with Crippen LogP contribution in [0.25, 0.3) is 0 Å². The van der Waals surface area contributed by atoms with Crippen molar-refractivity contribution in [3.8, 4) is 0 Å². The lowest BCUT2D eigenvalue weighted by atomic mass is 10.1. The van der Waals surface area contributed by atoms with Gasteiger partial charge in [-0.05, 0) is 25.0 Å². The van der Waals surface area contributed by atoms with E-state index in [0.717, 1.165) is 69.0 Å². The first-order valence-corrected chi connectivity index (χ1v) is 8.99. The van der Waals surface area contributed by atoms with Crippen molar-refractivity contribution in [3.05, 3.63) is 41.7 Å². The quantitative estimate of drug-likeness (QED) is 0.807. The molecule has 2 N–H and O–H groups in total. The standard InChI is InChI=1S/C19H27N5O/c1-3-16-6-4-5-7-17(16)23-19-14-18(21-15(2)22-19)20-8-9-24-10-12-25-13-11-24/h4-7,14H,3,8-13H2,1-2H3,(H2,20,21,22,23). The third-order valence-electron chi connectivity index (χ3n) is 4.34. The molecular weight excluding hydrogens is 314 g/mol. The molecule has 0 amide bonds. The summed E-state index contributed by atoms with van der Waals surface area (Å²) in [6.45, 7) is 9.61. The molecule has 2 heterocycles. The zero-order valence-electron chi connectivity index (χ0n) is 15.1. The highest BCUT2D eigenvalue weighted by Gasteiger charge is 2.10. The van der Waals surface area contributed by atoms with Gasteiger partial charge in [0.2, 0.25) is 0 Å². The van der Waals surface area contributed by atoms with Gasteiger partial charge in [0.05, 0.1) is 13.2 Å². The molecule has 0 saturated carbocycles. The van der Waals surface area contributed by atoms with Crippen molar-refractivity contribution in [2.45, 2.75) is 20.3 Å². The number of morpholine rings is 1. The fourth-order valence-corrected chi connectivity index (χ4v) is 2.98. The molecule has 0 aliphatic carbocycles. The third-order valence-corrected chi connectivity index (χ3v) is 4.34. The second kappa shape index (κ2) is 8.78. The third kappa shape index (κ3) is 5.14. The molecule has 1 aromatic carbocycles. The average molecular weight is 341 g/mol. The molecule has 1 aliphatic heterocycles. The van der Waals surface area contributed by atoms with Crippen molar-refractivity contribution in [2.24, 2.45) is 0 Å². The number of para-hydroxylation sites is 1. The maximum atomic E-state index is 5.38. The van der Waals surface area contributed by atoms with E-state index in [1.54, 1.807) is 0 Å². The lowest BCUT2D eigenvalue weighted by Gasteiger charge is -2.26. The van der Waals surface area contributed by atoms with Crippen molar-refractivity contribution in [2.75, 3.05) is 50.0 Å². The van der Waals surface area contributed by atoms with Gasteiger partial charge in [-0.25, -0.2) is 9.97 Å². The predicted octanol–water partition coefficient (Wildman–Crippen LogP) is 2.84. The summed E-state index contributed by atoms with van der Waals surface area (Å²) in [5, 5.41) is 6.84. The van der Waals surface area contributed by atoms with E-state index in [9.17, 15) is 0 Å². The van der Waals surface area contributed by atoms with Crippen molar-refractivity contribution >= 4 is 17.3 Å². The molecule has 0 bridgehead atoms. The molecular formula is C19H27N5O. The van der Waals surface area contributed by atoms with Gasteiger partial charge >= 0.3 is 0 Å². The monoisotopic (exact) mass is 341 g/mol. The van der Waals surface area contributed by atoms with Crippen molar-refractivity contribution in [3.63, 3.8) is 0 Å². The minimum atomic E-state index is 0.757. The molecule has 1 saturated heterocycles. The Morgan fingerprint density at radius 2 is 1.88 bits per heavy atom. The number of rotatable bonds is 7. The minimum absolute atomic E-state index is 0.757. The molecule has 6 heteroatoms. The summed E-state index contributed by atoms with van der Waals surface area (Å²) in [4.78, 5) is 11.4. The fraction of sp³-hybridized carbons (Fsp3) is 0.474. The molecule has 25 heavy (non-hydrogen) atoms. The van der Waals surface area contributed by atoms with Crippen molar-refractivity contribution < 1.29 is 4.74 Å². The summed E-state index contributed by atoms with van der Waals surface area (Å²) in [7, 11) is 0. The first kappa shape index (κ1) is 17.6. The molecule has 1 fully saturated rings. The lowest BCUT2D eigenvalue weighted by molar-refractivity contribution is 0.0398. The molecule has 134 valence electrons. The van der Waals surface area contributed by atoms with Crippen LogP contribution in [-0.4, -0.2) is 54.3 Å². The van der Waals surface area contributed by atoms with Gasteiger partial charge in [0.1, 0.15) is 17.5 Å². The van der Waals surface area contributed by atoms with Crippen LogP contribution >= 0.6 is 0 Å². The van der Waals surface area contributed by atoms with Crippen LogP contribution in [0.15, 0.2) is 30.3 Å². The normalized spacial score (nSPS) is 15.1. The summed E-state index contributed by atoms with van der Waals surface area (Å²) < 4.78 is 5.38. The Morgan fingerprint density at radius 1 is 1.12 bits per heavy atom. The number of benzene rings is 1. The SMILES string of the molecule is CCc1ccccc1Nc1cc(NCCN2CCOCC2)nc(C)n1. The van der Waals surface area contributed by atoms with E-state index in [1.807, 2.05) is 19.1 Å². The van der Waals surface area contributed by atoms with Crippen LogP contribution in [0.3, 0.4) is 0 Å². The molecule has 0 unspecified atom stereocenters. The van der Waals surface area contributed by atoms with Crippen LogP contribution in [-0.2, 0) is 11.2 Å². The number of hydrogen-bond donors (Lipinski definition) is 2. The summed E-state index contributed by atoms with van der Waals surface area (Å²) in [6, 6.07) is 10.3. The number of nitrogens with one attached hydrogen (secondary N) is 2. The number of nitrogens with zero attached hydrogens (tertiary/aromatic N) is 3. The van der Waals surface area contributed by atoms with Gasteiger partial charge in [-0.3, -0.25) is 4.90 Å². The van der Waals surface area contributed by atoms with Gasteiger partial charge in [0.15, 0.2) is 0 Å². The topological polar surface area (TPSA) is 62.3 Å². The van der Waals surface area contributed by atoms with E-state index in [2.05, 4.69) is 50.6 Å². The summed E-state index contributed by atoms with van der Waals surface area (Å²) in [6.07, 6.45) is 0.984. The zero-order valence-corrected chi connectivity index (χ0v) is 15.1. The van der Waals surface area contributed by atoms with Gasteiger partial charge in [-0.1, -0.05) is 25.1 Å². The average Bonchev–Trinajstić information content (AvgIpc) is 2.63. The Bertz CT molecular complexity index is 685. The van der Waals surface area contributed by atoms with Gasteiger partial charge in [-0.15, -0.1) is 0 Å². The van der Waals surface area contributed by atoms with Crippen LogP contribution in [0.5, 0.6) is 0 Å². The van der Waals surface area contributed by atoms with Crippen LogP contribution < -0.4 is 10.6 Å². The summed E-state index contributed by atoms with van der Waals surface area (Å²) in [5.41, 5.74) is 2.38. The maximum Gasteiger partial charge on any atom is 0.136 e. The van der Waals surface area contributed by atoms with E-state index >= 15 is 0 Å². The van der Waals surface area contributed by atoms with Crippen molar-refractivity contribution in [1.82, 2.24) is 14.9 Å². The Kier molecular flexibility index (Phi) is 6.19. The Labute approximate surface area is 149 Å². The van der Waals surface area contributed by atoms with Crippen molar-refractivity contribution in [1.29, 1.82) is 0 Å². The number of ether oxygens (including phenoxy) is 1. The minimum Gasteiger partial charge on any atom is -0.379 e. The molecule has 1 aromatic heterocycles. The molecule has 2 aromatic rings. The highest BCUT2D eigenvalue weighted by molar-refractivity contribution is 5.62. The fourth-order valence-electron chi connectivity index (χ4n) is 2.98. The summed E-state index contributed by atoms with van der Waals surface area (Å²) in [5.74, 6) is 2.44. The maximum absolute atomic E-state index is 5.38. The second-order valence-electron chi connectivity index (χ2n) is 6.20. The van der Waals surface area contributed by atoms with Gasteiger partial charge in [0, 0.05) is 37.9 Å². The molecule has 1 aliphatic rings. The number of anilines is 3. The largest absolute Gasteiger partial charge is 0.379 e. The Morgan fingerprint density at radius 3 is 2.68 bits per heavy atom. The van der Waals surface area contributed by atoms with Gasteiger partial charge in [-0.2, -0.15) is 0 Å². The van der Waals surface area contributed by atoms with E-state index in [0.29, 0.717) is 0 Å². The molecule has 0 radical (unpaired) electrons. The van der Waals surface area contributed by atoms with Crippen LogP contribution in [0.4, 0.5) is 17.3 Å². The zero-order chi connectivity index (χ0) is 17.5. The van der Waals surface area contributed by atoms with Crippen LogP contribution in [0.1, 0.15) is 18.3 Å². The van der Waals surface area contributed by atoms with Gasteiger partial charge < -0.3 is 15.4 Å². The smallest absolute Gasteiger partial charge is 0.136 e. The molecule has 0 atom stereocenters. The Hall–Kier alpha value is -2.18. The number of aromatic nitrogens is 2. The van der Waals surface area contributed by atoms with Crippen LogP contribution in [0, 0.1) is 6.92 Å². The van der Waals surface area contributed by atoms with Gasteiger partial charge in [0.25, 0.3) is 0 Å². The molecule has 0 spiro atoms. The predicted molar refractivity (Wildman–Crippen MR) is 102 cm³/mol. The second-order valence-corrected chi connectivity index (χ2v) is 6.20. The van der Waals surface area contributed by atoms with E-state index in [4.69, 9.17) is 4.74 Å². The highest BCUT2D eigenvalue weighted by atomic mass is 16.5. The lowest BCUT2D eigenvalue weighted by Crippen LogP contribution is -2.39. The molecule has 6 nitrogen and oxygen atoms in total. The number of hydrogen-bond acceptors (Lipinski definition) is 6. The van der Waals surface area contributed by atoms with E-state index in [-0.39, 0.29) is 0 Å². The van der Waals surface area contributed by atoms with Crippen LogP contribution in [0.2, 0.25) is 0 Å².